The van der Waals surface area contributed by atoms with E-state index in [2.05, 4.69) is 46.8 Å². The molecule has 0 spiro atoms. The molecule has 0 heterocycles. The minimum absolute atomic E-state index is 0.208. The van der Waals surface area contributed by atoms with Crippen molar-refractivity contribution in [2.75, 3.05) is 6.61 Å². The van der Waals surface area contributed by atoms with Gasteiger partial charge in [0.15, 0.2) is 0 Å². The van der Waals surface area contributed by atoms with Crippen LogP contribution in [0.3, 0.4) is 0 Å². The van der Waals surface area contributed by atoms with Crippen molar-refractivity contribution in [2.45, 2.75) is 47.0 Å². The summed E-state index contributed by atoms with van der Waals surface area (Å²) in [5.74, 6) is 1.02. The zero-order valence-electron chi connectivity index (χ0n) is 10.8. The number of rotatable bonds is 2. The van der Waals surface area contributed by atoms with Crippen LogP contribution in [0.1, 0.15) is 44.4 Å². The Kier molecular flexibility index (Phi) is 3.43. The molecular weight excluding hydrogens is 184 g/mol. The highest BCUT2D eigenvalue weighted by molar-refractivity contribution is 5.46. The van der Waals surface area contributed by atoms with Gasteiger partial charge in [-0.2, -0.15) is 0 Å². The summed E-state index contributed by atoms with van der Waals surface area (Å²) in [4.78, 5) is 0. The Bertz CT molecular complexity index is 345. The Labute approximate surface area is 93.5 Å². The molecule has 0 aromatic heterocycles. The van der Waals surface area contributed by atoms with E-state index in [9.17, 15) is 0 Å². The summed E-state index contributed by atoms with van der Waals surface area (Å²) in [6.07, 6.45) is 0. The van der Waals surface area contributed by atoms with Crippen LogP contribution in [0.25, 0.3) is 0 Å². The normalized spacial score (nSPS) is 11.6. The van der Waals surface area contributed by atoms with Crippen molar-refractivity contribution in [3.8, 4) is 5.75 Å². The summed E-state index contributed by atoms with van der Waals surface area (Å²) < 4.78 is 5.59. The Morgan fingerprint density at radius 2 is 1.67 bits per heavy atom. The SMILES string of the molecule is CCOc1ccc(C(C)(C)C)c(C)c1C. The smallest absolute Gasteiger partial charge is 0.122 e. The summed E-state index contributed by atoms with van der Waals surface area (Å²) in [7, 11) is 0. The number of benzene rings is 1. The minimum Gasteiger partial charge on any atom is -0.494 e. The van der Waals surface area contributed by atoms with Crippen molar-refractivity contribution < 1.29 is 4.74 Å². The lowest BCUT2D eigenvalue weighted by atomic mass is 9.82. The first-order valence-corrected chi connectivity index (χ1v) is 5.61. The fourth-order valence-electron chi connectivity index (χ4n) is 1.92. The lowest BCUT2D eigenvalue weighted by Gasteiger charge is -2.24. The molecule has 0 fully saturated rings. The van der Waals surface area contributed by atoms with Gasteiger partial charge in [-0.25, -0.2) is 0 Å². The van der Waals surface area contributed by atoms with Gasteiger partial charge in [0.2, 0.25) is 0 Å². The van der Waals surface area contributed by atoms with Gasteiger partial charge in [0.05, 0.1) is 6.61 Å². The van der Waals surface area contributed by atoms with Crippen molar-refractivity contribution in [3.63, 3.8) is 0 Å². The third kappa shape index (κ3) is 2.53. The fraction of sp³-hybridized carbons (Fsp3) is 0.571. The summed E-state index contributed by atoms with van der Waals surface area (Å²) >= 11 is 0. The summed E-state index contributed by atoms with van der Waals surface area (Å²) in [6, 6.07) is 4.28. The third-order valence-corrected chi connectivity index (χ3v) is 2.85. The van der Waals surface area contributed by atoms with Gasteiger partial charge in [-0.1, -0.05) is 26.8 Å². The van der Waals surface area contributed by atoms with Crippen LogP contribution in [0.15, 0.2) is 12.1 Å². The highest BCUT2D eigenvalue weighted by atomic mass is 16.5. The molecule has 0 atom stereocenters. The van der Waals surface area contributed by atoms with Crippen LogP contribution in [0.2, 0.25) is 0 Å². The molecule has 0 saturated heterocycles. The molecule has 1 aromatic carbocycles. The van der Waals surface area contributed by atoms with Crippen molar-refractivity contribution in [1.82, 2.24) is 0 Å². The van der Waals surface area contributed by atoms with Crippen LogP contribution in [-0.4, -0.2) is 6.61 Å². The van der Waals surface area contributed by atoms with E-state index in [0.717, 1.165) is 12.4 Å². The minimum atomic E-state index is 0.208. The van der Waals surface area contributed by atoms with Gasteiger partial charge in [0.1, 0.15) is 5.75 Å². The van der Waals surface area contributed by atoms with E-state index in [4.69, 9.17) is 4.74 Å². The average molecular weight is 206 g/mol. The first-order valence-electron chi connectivity index (χ1n) is 5.61. The van der Waals surface area contributed by atoms with E-state index >= 15 is 0 Å². The standard InChI is InChI=1S/C14H22O/c1-7-15-13-9-8-12(14(4,5)6)10(2)11(13)3/h8-9H,7H2,1-6H3. The van der Waals surface area contributed by atoms with E-state index in [1.54, 1.807) is 0 Å². The van der Waals surface area contributed by atoms with Crippen molar-refractivity contribution >= 4 is 0 Å². The Balaban J connectivity index is 3.21. The zero-order chi connectivity index (χ0) is 11.6. The molecule has 0 bridgehead atoms. The highest BCUT2D eigenvalue weighted by Crippen LogP contribution is 2.31. The Hall–Kier alpha value is -0.980. The first kappa shape index (κ1) is 12.1. The summed E-state index contributed by atoms with van der Waals surface area (Å²) in [6.45, 7) is 13.8. The first-order chi connectivity index (χ1) is 6.88. The maximum Gasteiger partial charge on any atom is 0.122 e. The van der Waals surface area contributed by atoms with Gasteiger partial charge >= 0.3 is 0 Å². The maximum absolute atomic E-state index is 5.59. The quantitative estimate of drug-likeness (QED) is 0.710. The molecule has 0 aliphatic heterocycles. The molecule has 0 aliphatic rings. The predicted octanol–water partition coefficient (Wildman–Crippen LogP) is 4.00. The molecule has 0 N–H and O–H groups in total. The van der Waals surface area contributed by atoms with E-state index in [-0.39, 0.29) is 5.41 Å². The van der Waals surface area contributed by atoms with Crippen molar-refractivity contribution in [3.05, 3.63) is 28.8 Å². The van der Waals surface area contributed by atoms with E-state index < -0.39 is 0 Å². The van der Waals surface area contributed by atoms with Crippen LogP contribution in [0.5, 0.6) is 5.75 Å². The average Bonchev–Trinajstić information content (AvgIpc) is 2.11. The number of ether oxygens (including phenoxy) is 1. The largest absolute Gasteiger partial charge is 0.494 e. The molecule has 1 nitrogen and oxygen atoms in total. The molecule has 0 aliphatic carbocycles. The van der Waals surface area contributed by atoms with Crippen LogP contribution < -0.4 is 4.74 Å². The second kappa shape index (κ2) is 4.26. The molecule has 0 unspecified atom stereocenters. The van der Waals surface area contributed by atoms with Gasteiger partial charge in [0, 0.05) is 0 Å². The molecule has 84 valence electrons. The molecule has 1 heteroatoms. The summed E-state index contributed by atoms with van der Waals surface area (Å²) in [5, 5.41) is 0. The van der Waals surface area contributed by atoms with Crippen LogP contribution in [0, 0.1) is 13.8 Å². The molecular formula is C14H22O. The highest BCUT2D eigenvalue weighted by Gasteiger charge is 2.18. The molecule has 0 radical (unpaired) electrons. The lowest BCUT2D eigenvalue weighted by Crippen LogP contribution is -2.14. The van der Waals surface area contributed by atoms with Gasteiger partial charge in [-0.15, -0.1) is 0 Å². The number of hydrogen-bond acceptors (Lipinski definition) is 1. The third-order valence-electron chi connectivity index (χ3n) is 2.85. The fourth-order valence-corrected chi connectivity index (χ4v) is 1.92. The van der Waals surface area contributed by atoms with Crippen molar-refractivity contribution in [2.24, 2.45) is 0 Å². The summed E-state index contributed by atoms with van der Waals surface area (Å²) in [5.41, 5.74) is 4.24. The lowest BCUT2D eigenvalue weighted by molar-refractivity contribution is 0.337. The van der Waals surface area contributed by atoms with E-state index in [0.29, 0.717) is 0 Å². The van der Waals surface area contributed by atoms with Crippen LogP contribution in [-0.2, 0) is 5.41 Å². The van der Waals surface area contributed by atoms with Crippen molar-refractivity contribution in [1.29, 1.82) is 0 Å². The van der Waals surface area contributed by atoms with Gasteiger partial charge < -0.3 is 4.74 Å². The monoisotopic (exact) mass is 206 g/mol. The molecule has 1 aromatic rings. The Morgan fingerprint density at radius 1 is 1.07 bits per heavy atom. The van der Waals surface area contributed by atoms with Crippen LogP contribution >= 0.6 is 0 Å². The Morgan fingerprint density at radius 3 is 2.13 bits per heavy atom. The topological polar surface area (TPSA) is 9.23 Å². The maximum atomic E-state index is 5.59. The van der Waals surface area contributed by atoms with Gasteiger partial charge in [0.25, 0.3) is 0 Å². The molecule has 0 saturated carbocycles. The number of hydrogen-bond donors (Lipinski definition) is 0. The van der Waals surface area contributed by atoms with Crippen LogP contribution in [0.4, 0.5) is 0 Å². The van der Waals surface area contributed by atoms with E-state index in [1.807, 2.05) is 6.92 Å². The molecule has 15 heavy (non-hydrogen) atoms. The predicted molar refractivity (Wildman–Crippen MR) is 65.8 cm³/mol. The second-order valence-electron chi connectivity index (χ2n) is 5.04. The van der Waals surface area contributed by atoms with E-state index in [1.165, 1.54) is 16.7 Å². The van der Waals surface area contributed by atoms with Gasteiger partial charge in [-0.05, 0) is 48.9 Å². The second-order valence-corrected chi connectivity index (χ2v) is 5.04. The molecule has 0 amide bonds. The zero-order valence-corrected chi connectivity index (χ0v) is 10.8. The van der Waals surface area contributed by atoms with Gasteiger partial charge in [-0.3, -0.25) is 0 Å². The molecule has 1 rings (SSSR count).